The molecule has 32 heavy (non-hydrogen) atoms. The minimum atomic E-state index is -1.02. The zero-order valence-corrected chi connectivity index (χ0v) is 19.3. The van der Waals surface area contributed by atoms with E-state index in [9.17, 15) is 14.8 Å². The van der Waals surface area contributed by atoms with E-state index in [1.165, 1.54) is 18.1 Å². The van der Waals surface area contributed by atoms with Crippen LogP contribution in [0, 0.1) is 0 Å². The van der Waals surface area contributed by atoms with E-state index >= 15 is 0 Å². The third-order valence-electron chi connectivity index (χ3n) is 5.53. The molecule has 1 saturated heterocycles. The van der Waals surface area contributed by atoms with E-state index in [1.807, 2.05) is 36.4 Å². The minimum absolute atomic E-state index is 0.100. The highest BCUT2D eigenvalue weighted by Gasteiger charge is 2.34. The first-order chi connectivity index (χ1) is 15.2. The van der Waals surface area contributed by atoms with Crippen molar-refractivity contribution >= 4 is 12.0 Å². The molecular weight excluding hydrogens is 406 g/mol. The minimum Gasteiger partial charge on any atom is -0.442 e. The normalized spacial score (nSPS) is 16.0. The molecule has 7 nitrogen and oxygen atoms in total. The average molecular weight is 440 g/mol. The molecule has 0 aliphatic carbocycles. The van der Waals surface area contributed by atoms with Crippen LogP contribution in [0.1, 0.15) is 44.9 Å². The summed E-state index contributed by atoms with van der Waals surface area (Å²) < 4.78 is 5.16. The Morgan fingerprint density at radius 2 is 1.38 bits per heavy atom. The van der Waals surface area contributed by atoms with Crippen LogP contribution in [-0.2, 0) is 9.53 Å². The number of ether oxygens (including phenoxy) is 1. The molecule has 1 N–H and O–H groups in total. The number of carbonyl (C=O) groups excluding carboxylic acids is 2. The largest absolute Gasteiger partial charge is 0.442 e. The first-order valence-electron chi connectivity index (χ1n) is 11.0. The fourth-order valence-corrected chi connectivity index (χ4v) is 3.92. The van der Waals surface area contributed by atoms with Gasteiger partial charge in [-0.25, -0.2) is 4.79 Å². The van der Waals surface area contributed by atoms with Gasteiger partial charge >= 0.3 is 6.09 Å². The molecule has 0 bridgehead atoms. The van der Waals surface area contributed by atoms with Crippen LogP contribution in [-0.4, -0.2) is 69.9 Å². The fraction of sp³-hybridized carbons (Fsp3) is 0.440. The van der Waals surface area contributed by atoms with Gasteiger partial charge in [-0.3, -0.25) is 14.9 Å². The third-order valence-corrected chi connectivity index (χ3v) is 5.53. The van der Waals surface area contributed by atoms with E-state index in [0.717, 1.165) is 0 Å². The van der Waals surface area contributed by atoms with Gasteiger partial charge in [0.2, 0.25) is 5.91 Å². The van der Waals surface area contributed by atoms with Crippen molar-refractivity contribution < 1.29 is 19.5 Å². The maximum Gasteiger partial charge on any atom is 0.435 e. The molecule has 1 aliphatic heterocycles. The molecule has 1 fully saturated rings. The third kappa shape index (κ3) is 5.87. The molecule has 0 spiro atoms. The number of benzene rings is 2. The zero-order valence-electron chi connectivity index (χ0n) is 19.3. The predicted molar refractivity (Wildman–Crippen MR) is 122 cm³/mol. The van der Waals surface area contributed by atoms with Crippen LogP contribution < -0.4 is 0 Å². The van der Waals surface area contributed by atoms with Gasteiger partial charge in [0.05, 0.1) is 6.04 Å². The Bertz CT molecular complexity index is 851. The molecule has 1 heterocycles. The molecule has 2 aromatic carbocycles. The molecule has 1 atom stereocenters. The highest BCUT2D eigenvalue weighted by molar-refractivity contribution is 5.85. The standard InChI is InChI=1S/C25H33N3O4/c1-19(28(31)24(30)32-25(2,3)4)23(29)27-17-15-26(16-18-27)22(20-11-7-5-8-12-20)21-13-9-6-10-14-21/h5-14,19,22,31H,15-18H2,1-4H3/t19-/m1/s1. The number of hydrogen-bond donors (Lipinski definition) is 1. The molecule has 0 radical (unpaired) electrons. The van der Waals surface area contributed by atoms with Crippen molar-refractivity contribution in [3.63, 3.8) is 0 Å². The van der Waals surface area contributed by atoms with Crippen LogP contribution in [0.4, 0.5) is 4.79 Å². The lowest BCUT2D eigenvalue weighted by atomic mass is 9.96. The first-order valence-corrected chi connectivity index (χ1v) is 11.0. The Morgan fingerprint density at radius 3 is 1.81 bits per heavy atom. The second kappa shape index (κ2) is 10.1. The number of carbonyl (C=O) groups is 2. The van der Waals surface area contributed by atoms with Crippen LogP contribution >= 0.6 is 0 Å². The molecule has 0 saturated carbocycles. The van der Waals surface area contributed by atoms with Crippen molar-refractivity contribution in [2.24, 2.45) is 0 Å². The quantitative estimate of drug-likeness (QED) is 0.564. The summed E-state index contributed by atoms with van der Waals surface area (Å²) in [5.41, 5.74) is 1.66. The number of nitrogens with zero attached hydrogens (tertiary/aromatic N) is 3. The number of rotatable bonds is 5. The van der Waals surface area contributed by atoms with Gasteiger partial charge in [0, 0.05) is 26.2 Å². The van der Waals surface area contributed by atoms with Crippen molar-refractivity contribution in [3.05, 3.63) is 71.8 Å². The van der Waals surface area contributed by atoms with Gasteiger partial charge in [0.15, 0.2) is 0 Å². The molecule has 172 valence electrons. The van der Waals surface area contributed by atoms with Gasteiger partial charge in [-0.05, 0) is 38.8 Å². The van der Waals surface area contributed by atoms with Crippen LogP contribution in [0.25, 0.3) is 0 Å². The van der Waals surface area contributed by atoms with Gasteiger partial charge in [0.1, 0.15) is 11.6 Å². The lowest BCUT2D eigenvalue weighted by Gasteiger charge is -2.41. The monoisotopic (exact) mass is 439 g/mol. The SMILES string of the molecule is C[C@H](C(=O)N1CCN(C(c2ccccc2)c2ccccc2)CC1)N(O)C(=O)OC(C)(C)C. The van der Waals surface area contributed by atoms with Crippen molar-refractivity contribution in [2.75, 3.05) is 26.2 Å². The Hall–Kier alpha value is -2.90. The van der Waals surface area contributed by atoms with Gasteiger partial charge in [-0.1, -0.05) is 60.7 Å². The van der Waals surface area contributed by atoms with Gasteiger partial charge in [0.25, 0.3) is 0 Å². The second-order valence-electron chi connectivity index (χ2n) is 9.09. The fourth-order valence-electron chi connectivity index (χ4n) is 3.92. The Kier molecular flexibility index (Phi) is 7.53. The van der Waals surface area contributed by atoms with Gasteiger partial charge < -0.3 is 9.64 Å². The maximum atomic E-state index is 12.9. The highest BCUT2D eigenvalue weighted by Crippen LogP contribution is 2.29. The van der Waals surface area contributed by atoms with Crippen LogP contribution in [0.2, 0.25) is 0 Å². The summed E-state index contributed by atoms with van der Waals surface area (Å²) >= 11 is 0. The Balaban J connectivity index is 1.66. The Morgan fingerprint density at radius 1 is 0.906 bits per heavy atom. The van der Waals surface area contributed by atoms with Crippen molar-refractivity contribution in [3.8, 4) is 0 Å². The summed E-state index contributed by atoms with van der Waals surface area (Å²) in [5, 5.41) is 10.6. The lowest BCUT2D eigenvalue weighted by molar-refractivity contribution is -0.158. The molecule has 3 rings (SSSR count). The van der Waals surface area contributed by atoms with Crippen molar-refractivity contribution in [1.29, 1.82) is 0 Å². The maximum absolute atomic E-state index is 12.9. The number of hydrogen-bond acceptors (Lipinski definition) is 5. The summed E-state index contributed by atoms with van der Waals surface area (Å²) in [6.45, 7) is 9.04. The van der Waals surface area contributed by atoms with E-state index in [4.69, 9.17) is 4.74 Å². The van der Waals surface area contributed by atoms with E-state index in [2.05, 4.69) is 29.2 Å². The van der Waals surface area contributed by atoms with Crippen molar-refractivity contribution in [1.82, 2.24) is 14.9 Å². The smallest absolute Gasteiger partial charge is 0.435 e. The zero-order chi connectivity index (χ0) is 23.3. The topological polar surface area (TPSA) is 73.3 Å². The average Bonchev–Trinajstić information content (AvgIpc) is 2.78. The van der Waals surface area contributed by atoms with E-state index in [-0.39, 0.29) is 11.9 Å². The van der Waals surface area contributed by atoms with Gasteiger partial charge in [-0.15, -0.1) is 0 Å². The molecular formula is C25H33N3O4. The summed E-state index contributed by atoms with van der Waals surface area (Å²) in [6, 6.07) is 19.8. The molecule has 2 amide bonds. The van der Waals surface area contributed by atoms with E-state index in [1.54, 1.807) is 25.7 Å². The van der Waals surface area contributed by atoms with E-state index in [0.29, 0.717) is 31.2 Å². The number of hydroxylamine groups is 2. The molecule has 7 heteroatoms. The number of amides is 2. The molecule has 2 aromatic rings. The summed E-state index contributed by atoms with van der Waals surface area (Å²) in [6.07, 6.45) is -0.926. The number of piperazine rings is 1. The summed E-state index contributed by atoms with van der Waals surface area (Å²) in [4.78, 5) is 29.1. The van der Waals surface area contributed by atoms with Crippen LogP contribution in [0.5, 0.6) is 0 Å². The van der Waals surface area contributed by atoms with Crippen molar-refractivity contribution in [2.45, 2.75) is 45.4 Å². The molecule has 0 unspecified atom stereocenters. The lowest BCUT2D eigenvalue weighted by Crippen LogP contribution is -2.55. The first kappa shape index (κ1) is 23.8. The molecule has 0 aromatic heterocycles. The van der Waals surface area contributed by atoms with Crippen LogP contribution in [0.3, 0.4) is 0 Å². The second-order valence-corrected chi connectivity index (χ2v) is 9.09. The predicted octanol–water partition coefficient (Wildman–Crippen LogP) is 3.94. The van der Waals surface area contributed by atoms with Crippen LogP contribution in [0.15, 0.2) is 60.7 Å². The summed E-state index contributed by atoms with van der Waals surface area (Å²) in [7, 11) is 0. The molecule has 1 aliphatic rings. The summed E-state index contributed by atoms with van der Waals surface area (Å²) in [5.74, 6) is -0.297. The highest BCUT2D eigenvalue weighted by atomic mass is 16.6. The van der Waals surface area contributed by atoms with Gasteiger partial charge in [-0.2, -0.15) is 5.06 Å². The Labute approximate surface area is 190 Å². The van der Waals surface area contributed by atoms with E-state index < -0.39 is 17.7 Å².